The number of hydrogen-bond donors (Lipinski definition) is 1. The van der Waals surface area contributed by atoms with Crippen molar-refractivity contribution in [2.24, 2.45) is 0 Å². The van der Waals surface area contributed by atoms with E-state index < -0.39 is 0 Å². The van der Waals surface area contributed by atoms with Gasteiger partial charge in [-0.05, 0) is 25.5 Å². The minimum atomic E-state index is -0.244. The fraction of sp³-hybridized carbons (Fsp3) is 0.562. The lowest BCUT2D eigenvalue weighted by molar-refractivity contribution is -0.140. The first kappa shape index (κ1) is 15.8. The Morgan fingerprint density at radius 3 is 2.90 bits per heavy atom. The van der Waals surface area contributed by atoms with Gasteiger partial charge in [0, 0.05) is 19.5 Å². The van der Waals surface area contributed by atoms with Crippen molar-refractivity contribution in [2.75, 3.05) is 32.9 Å². The Morgan fingerprint density at radius 2 is 2.19 bits per heavy atom. The van der Waals surface area contributed by atoms with Gasteiger partial charge < -0.3 is 19.5 Å². The molecule has 1 heterocycles. The molecule has 1 atom stereocenters. The van der Waals surface area contributed by atoms with Crippen LogP contribution in [0, 0.1) is 6.92 Å². The van der Waals surface area contributed by atoms with Gasteiger partial charge in [-0.2, -0.15) is 0 Å². The van der Waals surface area contributed by atoms with Crippen LogP contribution in [0.15, 0.2) is 24.3 Å². The van der Waals surface area contributed by atoms with Crippen molar-refractivity contribution in [3.05, 3.63) is 29.8 Å². The molecular weight excluding hydrogens is 270 g/mol. The number of rotatable bonds is 6. The van der Waals surface area contributed by atoms with Crippen LogP contribution in [-0.4, -0.2) is 54.9 Å². The zero-order valence-electron chi connectivity index (χ0n) is 12.5. The van der Waals surface area contributed by atoms with Crippen molar-refractivity contribution < 1.29 is 19.4 Å². The molecule has 1 fully saturated rings. The average Bonchev–Trinajstić information content (AvgIpc) is 2.53. The molecule has 1 amide bonds. The lowest BCUT2D eigenvalue weighted by Crippen LogP contribution is -2.46. The van der Waals surface area contributed by atoms with E-state index in [1.165, 1.54) is 5.56 Å². The first-order chi connectivity index (χ1) is 10.2. The van der Waals surface area contributed by atoms with E-state index in [0.29, 0.717) is 39.1 Å². The van der Waals surface area contributed by atoms with E-state index in [1.807, 2.05) is 31.2 Å². The molecule has 1 N–H and O–H groups in total. The van der Waals surface area contributed by atoms with E-state index in [-0.39, 0.29) is 18.6 Å². The third-order valence-electron chi connectivity index (χ3n) is 3.52. The number of carbonyl (C=O) groups excluding carboxylic acids is 1. The number of amides is 1. The molecule has 1 saturated heterocycles. The van der Waals surface area contributed by atoms with E-state index in [0.717, 1.165) is 5.75 Å². The molecule has 5 nitrogen and oxygen atoms in total. The fourth-order valence-corrected chi connectivity index (χ4v) is 2.26. The molecule has 0 radical (unpaired) electrons. The third kappa shape index (κ3) is 5.02. The van der Waals surface area contributed by atoms with Crippen molar-refractivity contribution in [3.63, 3.8) is 0 Å². The molecule has 1 aromatic rings. The van der Waals surface area contributed by atoms with Gasteiger partial charge in [0.25, 0.3) is 0 Å². The highest BCUT2D eigenvalue weighted by molar-refractivity contribution is 5.76. The number of aliphatic hydroxyl groups is 1. The summed E-state index contributed by atoms with van der Waals surface area (Å²) in [6, 6.07) is 7.88. The topological polar surface area (TPSA) is 59.0 Å². The van der Waals surface area contributed by atoms with Crippen LogP contribution in [-0.2, 0) is 9.53 Å². The largest absolute Gasteiger partial charge is 0.494 e. The maximum absolute atomic E-state index is 12.0. The molecule has 1 unspecified atom stereocenters. The van der Waals surface area contributed by atoms with E-state index in [4.69, 9.17) is 14.6 Å². The minimum Gasteiger partial charge on any atom is -0.494 e. The SMILES string of the molecule is Cc1ccc(OCCCC(=O)N2CCOC(CO)C2)cc1. The summed E-state index contributed by atoms with van der Waals surface area (Å²) in [5.41, 5.74) is 1.20. The van der Waals surface area contributed by atoms with Crippen LogP contribution < -0.4 is 4.74 Å². The molecule has 0 aliphatic carbocycles. The number of nitrogens with zero attached hydrogens (tertiary/aromatic N) is 1. The molecule has 0 spiro atoms. The summed E-state index contributed by atoms with van der Waals surface area (Å²) in [5, 5.41) is 9.07. The molecule has 0 bridgehead atoms. The smallest absolute Gasteiger partial charge is 0.222 e. The van der Waals surface area contributed by atoms with Crippen LogP contribution in [0.5, 0.6) is 5.75 Å². The Bertz CT molecular complexity index is 446. The number of ether oxygens (including phenoxy) is 2. The van der Waals surface area contributed by atoms with Gasteiger partial charge in [0.15, 0.2) is 0 Å². The first-order valence-electron chi connectivity index (χ1n) is 7.39. The molecule has 1 aliphatic heterocycles. The summed E-state index contributed by atoms with van der Waals surface area (Å²) in [7, 11) is 0. The minimum absolute atomic E-state index is 0.0414. The highest BCUT2D eigenvalue weighted by Gasteiger charge is 2.23. The highest BCUT2D eigenvalue weighted by Crippen LogP contribution is 2.12. The number of benzene rings is 1. The van der Waals surface area contributed by atoms with Crippen LogP contribution in [0.1, 0.15) is 18.4 Å². The maximum Gasteiger partial charge on any atom is 0.222 e. The summed E-state index contributed by atoms with van der Waals surface area (Å²) in [4.78, 5) is 13.8. The van der Waals surface area contributed by atoms with Gasteiger partial charge in [-0.15, -0.1) is 0 Å². The summed E-state index contributed by atoms with van der Waals surface area (Å²) in [5.74, 6) is 0.934. The zero-order chi connectivity index (χ0) is 15.1. The zero-order valence-corrected chi connectivity index (χ0v) is 12.5. The molecule has 21 heavy (non-hydrogen) atoms. The van der Waals surface area contributed by atoms with Crippen molar-refractivity contribution in [3.8, 4) is 5.75 Å². The Kier molecular flexibility index (Phi) is 6.02. The number of carbonyl (C=O) groups is 1. The Hall–Kier alpha value is -1.59. The van der Waals surface area contributed by atoms with Gasteiger partial charge in [-0.1, -0.05) is 17.7 Å². The lowest BCUT2D eigenvalue weighted by Gasteiger charge is -2.32. The predicted molar refractivity (Wildman–Crippen MR) is 79.3 cm³/mol. The summed E-state index contributed by atoms with van der Waals surface area (Å²) in [6.45, 7) is 4.10. The van der Waals surface area contributed by atoms with Crippen LogP contribution >= 0.6 is 0 Å². The number of aliphatic hydroxyl groups excluding tert-OH is 1. The van der Waals surface area contributed by atoms with Crippen molar-refractivity contribution in [2.45, 2.75) is 25.9 Å². The molecule has 5 heteroatoms. The van der Waals surface area contributed by atoms with Gasteiger partial charge >= 0.3 is 0 Å². The van der Waals surface area contributed by atoms with Crippen LogP contribution in [0.2, 0.25) is 0 Å². The lowest BCUT2D eigenvalue weighted by atomic mass is 10.2. The van der Waals surface area contributed by atoms with Gasteiger partial charge in [-0.25, -0.2) is 0 Å². The Labute approximate surface area is 125 Å². The van der Waals surface area contributed by atoms with Gasteiger partial charge in [0.05, 0.1) is 25.9 Å². The summed E-state index contributed by atoms with van der Waals surface area (Å²) >= 11 is 0. The van der Waals surface area contributed by atoms with Crippen molar-refractivity contribution in [1.82, 2.24) is 4.90 Å². The monoisotopic (exact) mass is 293 g/mol. The molecule has 0 aromatic heterocycles. The Balaban J connectivity index is 1.66. The van der Waals surface area contributed by atoms with Gasteiger partial charge in [0.2, 0.25) is 5.91 Å². The second kappa shape index (κ2) is 8.00. The quantitative estimate of drug-likeness (QED) is 0.805. The molecule has 1 aromatic carbocycles. The normalized spacial score (nSPS) is 18.6. The fourth-order valence-electron chi connectivity index (χ4n) is 2.26. The van der Waals surface area contributed by atoms with Gasteiger partial charge in [-0.3, -0.25) is 4.79 Å². The number of hydrogen-bond acceptors (Lipinski definition) is 4. The molecular formula is C16H23NO4. The van der Waals surface area contributed by atoms with Gasteiger partial charge in [0.1, 0.15) is 5.75 Å². The standard InChI is InChI=1S/C16H23NO4/c1-13-4-6-14(7-5-13)20-9-2-3-16(19)17-8-10-21-15(11-17)12-18/h4-7,15,18H,2-3,8-12H2,1H3. The predicted octanol–water partition coefficient (Wildman–Crippen LogP) is 1.37. The third-order valence-corrected chi connectivity index (χ3v) is 3.52. The number of morpholine rings is 1. The average molecular weight is 293 g/mol. The summed E-state index contributed by atoms with van der Waals surface area (Å²) in [6.07, 6.45) is 0.907. The first-order valence-corrected chi connectivity index (χ1v) is 7.39. The van der Waals surface area contributed by atoms with Crippen molar-refractivity contribution in [1.29, 1.82) is 0 Å². The van der Waals surface area contributed by atoms with E-state index in [9.17, 15) is 4.79 Å². The maximum atomic E-state index is 12.0. The molecule has 1 aliphatic rings. The van der Waals surface area contributed by atoms with Crippen LogP contribution in [0.25, 0.3) is 0 Å². The summed E-state index contributed by atoms with van der Waals surface area (Å²) < 4.78 is 10.9. The molecule has 0 saturated carbocycles. The second-order valence-electron chi connectivity index (χ2n) is 5.28. The number of aryl methyl sites for hydroxylation is 1. The second-order valence-corrected chi connectivity index (χ2v) is 5.28. The van der Waals surface area contributed by atoms with E-state index in [1.54, 1.807) is 4.90 Å². The Morgan fingerprint density at radius 1 is 1.43 bits per heavy atom. The van der Waals surface area contributed by atoms with Crippen LogP contribution in [0.4, 0.5) is 0 Å². The van der Waals surface area contributed by atoms with E-state index in [2.05, 4.69) is 0 Å². The molecule has 2 rings (SSSR count). The molecule has 116 valence electrons. The van der Waals surface area contributed by atoms with Crippen LogP contribution in [0.3, 0.4) is 0 Å². The van der Waals surface area contributed by atoms with Crippen molar-refractivity contribution >= 4 is 5.91 Å². The van der Waals surface area contributed by atoms with E-state index >= 15 is 0 Å². The highest BCUT2D eigenvalue weighted by atomic mass is 16.5.